The molecule has 5 nitrogen and oxygen atoms in total. The van der Waals surface area contributed by atoms with Gasteiger partial charge in [0.1, 0.15) is 0 Å². The second-order valence-corrected chi connectivity index (χ2v) is 4.03. The zero-order valence-corrected chi connectivity index (χ0v) is 10.7. The van der Waals surface area contributed by atoms with Crippen LogP contribution in [0.1, 0.15) is 19.4 Å². The smallest absolute Gasteiger partial charge is 0.318 e. The average molecular weight is 287 g/mol. The molecule has 0 aliphatic rings. The predicted molar refractivity (Wildman–Crippen MR) is 67.0 cm³/mol. The first-order chi connectivity index (χ1) is 9.20. The molecule has 0 aliphatic carbocycles. The standard InChI is InChI=1S/C12H12F3N3O2/c1-7(2)17-18-11(20)10(19)16-9-5-3-4-8(6-9)12(13,14)15/h3-6H,1-2H3,(H,16,19)(H,18,20). The molecule has 0 spiro atoms. The second-order valence-electron chi connectivity index (χ2n) is 4.03. The Morgan fingerprint density at radius 1 is 1.15 bits per heavy atom. The number of nitrogens with zero attached hydrogens (tertiary/aromatic N) is 1. The van der Waals surface area contributed by atoms with Gasteiger partial charge in [-0.3, -0.25) is 9.59 Å². The quantitative estimate of drug-likeness (QED) is 0.497. The van der Waals surface area contributed by atoms with Crippen LogP contribution in [0, 0.1) is 0 Å². The fraction of sp³-hybridized carbons (Fsp3) is 0.250. The summed E-state index contributed by atoms with van der Waals surface area (Å²) in [4.78, 5) is 22.7. The monoisotopic (exact) mass is 287 g/mol. The van der Waals surface area contributed by atoms with Gasteiger partial charge in [-0.2, -0.15) is 18.3 Å². The van der Waals surface area contributed by atoms with Crippen molar-refractivity contribution >= 4 is 23.2 Å². The van der Waals surface area contributed by atoms with Gasteiger partial charge in [0, 0.05) is 11.4 Å². The molecule has 0 unspecified atom stereocenters. The second kappa shape index (κ2) is 6.18. The molecule has 2 amide bonds. The van der Waals surface area contributed by atoms with Gasteiger partial charge >= 0.3 is 18.0 Å². The van der Waals surface area contributed by atoms with Crippen molar-refractivity contribution in [1.82, 2.24) is 5.43 Å². The Morgan fingerprint density at radius 2 is 1.80 bits per heavy atom. The third-order valence-electron chi connectivity index (χ3n) is 2.04. The van der Waals surface area contributed by atoms with Crippen LogP contribution in [0.3, 0.4) is 0 Å². The highest BCUT2D eigenvalue weighted by Gasteiger charge is 2.30. The molecule has 2 N–H and O–H groups in total. The summed E-state index contributed by atoms with van der Waals surface area (Å²) < 4.78 is 37.4. The maximum Gasteiger partial charge on any atom is 0.416 e. The van der Waals surface area contributed by atoms with Gasteiger partial charge in [0.15, 0.2) is 0 Å². The maximum atomic E-state index is 12.5. The van der Waals surface area contributed by atoms with Gasteiger partial charge in [-0.05, 0) is 32.0 Å². The van der Waals surface area contributed by atoms with E-state index in [-0.39, 0.29) is 5.69 Å². The van der Waals surface area contributed by atoms with E-state index in [0.29, 0.717) is 5.71 Å². The lowest BCUT2D eigenvalue weighted by Gasteiger charge is -2.09. The summed E-state index contributed by atoms with van der Waals surface area (Å²) in [5.41, 5.74) is 1.43. The average Bonchev–Trinajstić information content (AvgIpc) is 2.35. The van der Waals surface area contributed by atoms with Gasteiger partial charge in [0.25, 0.3) is 0 Å². The number of hydrogen-bond donors (Lipinski definition) is 2. The molecule has 0 saturated heterocycles. The Morgan fingerprint density at radius 3 is 2.35 bits per heavy atom. The number of hydrogen-bond acceptors (Lipinski definition) is 3. The van der Waals surface area contributed by atoms with Gasteiger partial charge in [-0.15, -0.1) is 0 Å². The molecule has 20 heavy (non-hydrogen) atoms. The fourth-order valence-electron chi connectivity index (χ4n) is 1.17. The number of carbonyl (C=O) groups is 2. The van der Waals surface area contributed by atoms with E-state index in [2.05, 4.69) is 10.4 Å². The first-order valence-electron chi connectivity index (χ1n) is 5.49. The molecule has 1 aromatic rings. The molecular formula is C12H12F3N3O2. The molecule has 0 fully saturated rings. The Labute approximate surface area is 112 Å². The maximum absolute atomic E-state index is 12.5. The van der Waals surface area contributed by atoms with E-state index < -0.39 is 23.6 Å². The van der Waals surface area contributed by atoms with Crippen molar-refractivity contribution in [3.8, 4) is 0 Å². The van der Waals surface area contributed by atoms with Crippen molar-refractivity contribution in [2.75, 3.05) is 5.32 Å². The number of anilines is 1. The molecule has 108 valence electrons. The third kappa shape index (κ3) is 4.71. The van der Waals surface area contributed by atoms with Crippen LogP contribution in [-0.4, -0.2) is 17.5 Å². The minimum atomic E-state index is -4.52. The Bertz CT molecular complexity index is 549. The highest BCUT2D eigenvalue weighted by molar-refractivity contribution is 6.39. The van der Waals surface area contributed by atoms with Crippen molar-refractivity contribution in [2.45, 2.75) is 20.0 Å². The van der Waals surface area contributed by atoms with Gasteiger partial charge in [-0.25, -0.2) is 5.43 Å². The zero-order chi connectivity index (χ0) is 15.3. The van der Waals surface area contributed by atoms with Gasteiger partial charge in [-0.1, -0.05) is 6.07 Å². The van der Waals surface area contributed by atoms with Crippen LogP contribution in [0.15, 0.2) is 29.4 Å². The van der Waals surface area contributed by atoms with Crippen molar-refractivity contribution < 1.29 is 22.8 Å². The number of alkyl halides is 3. The van der Waals surface area contributed by atoms with Gasteiger partial charge < -0.3 is 5.32 Å². The zero-order valence-electron chi connectivity index (χ0n) is 10.7. The van der Waals surface area contributed by atoms with Gasteiger partial charge in [0.05, 0.1) is 5.56 Å². The Hall–Kier alpha value is -2.38. The number of carbonyl (C=O) groups excluding carboxylic acids is 2. The van der Waals surface area contributed by atoms with E-state index >= 15 is 0 Å². The topological polar surface area (TPSA) is 70.6 Å². The third-order valence-corrected chi connectivity index (χ3v) is 2.04. The van der Waals surface area contributed by atoms with Crippen molar-refractivity contribution in [1.29, 1.82) is 0 Å². The largest absolute Gasteiger partial charge is 0.416 e. The van der Waals surface area contributed by atoms with E-state index in [1.165, 1.54) is 6.07 Å². The van der Waals surface area contributed by atoms with Crippen molar-refractivity contribution in [2.24, 2.45) is 5.10 Å². The normalized spacial score (nSPS) is 10.7. The van der Waals surface area contributed by atoms with Crippen LogP contribution in [0.2, 0.25) is 0 Å². The number of benzene rings is 1. The summed E-state index contributed by atoms with van der Waals surface area (Å²) in [6.07, 6.45) is -4.52. The number of amides is 2. The molecule has 0 bridgehead atoms. The molecular weight excluding hydrogens is 275 g/mol. The van der Waals surface area contributed by atoms with Crippen molar-refractivity contribution in [3.63, 3.8) is 0 Å². The molecule has 0 heterocycles. The lowest BCUT2D eigenvalue weighted by Crippen LogP contribution is -2.32. The Kier molecular flexibility index (Phi) is 4.84. The summed E-state index contributed by atoms with van der Waals surface area (Å²) in [6.45, 7) is 3.20. The van der Waals surface area contributed by atoms with Gasteiger partial charge in [0.2, 0.25) is 0 Å². The van der Waals surface area contributed by atoms with Crippen LogP contribution in [-0.2, 0) is 15.8 Å². The molecule has 0 saturated carbocycles. The molecule has 0 atom stereocenters. The lowest BCUT2D eigenvalue weighted by molar-refractivity contribution is -0.137. The predicted octanol–water partition coefficient (Wildman–Crippen LogP) is 2.16. The fourth-order valence-corrected chi connectivity index (χ4v) is 1.17. The lowest BCUT2D eigenvalue weighted by atomic mass is 10.2. The van der Waals surface area contributed by atoms with E-state index in [1.54, 1.807) is 13.8 Å². The first kappa shape index (κ1) is 15.7. The molecule has 1 aromatic carbocycles. The van der Waals surface area contributed by atoms with Crippen LogP contribution in [0.5, 0.6) is 0 Å². The summed E-state index contributed by atoms with van der Waals surface area (Å²) in [7, 11) is 0. The molecule has 8 heteroatoms. The summed E-state index contributed by atoms with van der Waals surface area (Å²) in [5.74, 6) is -2.17. The van der Waals surface area contributed by atoms with E-state index in [0.717, 1.165) is 18.2 Å². The number of halogens is 3. The SMILES string of the molecule is CC(C)=NNC(=O)C(=O)Nc1cccc(C(F)(F)F)c1. The van der Waals surface area contributed by atoms with Crippen LogP contribution < -0.4 is 10.7 Å². The highest BCUT2D eigenvalue weighted by Crippen LogP contribution is 2.30. The van der Waals surface area contributed by atoms with E-state index in [9.17, 15) is 22.8 Å². The number of rotatable bonds is 2. The van der Waals surface area contributed by atoms with Crippen LogP contribution in [0.25, 0.3) is 0 Å². The summed E-state index contributed by atoms with van der Waals surface area (Å²) >= 11 is 0. The minimum absolute atomic E-state index is 0.128. The summed E-state index contributed by atoms with van der Waals surface area (Å²) in [5, 5.41) is 5.58. The number of nitrogens with one attached hydrogen (secondary N) is 2. The Balaban J connectivity index is 2.76. The number of hydrazone groups is 1. The van der Waals surface area contributed by atoms with E-state index in [4.69, 9.17) is 0 Å². The van der Waals surface area contributed by atoms with Crippen LogP contribution in [0.4, 0.5) is 18.9 Å². The highest BCUT2D eigenvalue weighted by atomic mass is 19.4. The molecule has 1 rings (SSSR count). The van der Waals surface area contributed by atoms with E-state index in [1.807, 2.05) is 5.43 Å². The first-order valence-corrected chi connectivity index (χ1v) is 5.49. The molecule has 0 radical (unpaired) electrons. The minimum Gasteiger partial charge on any atom is -0.318 e. The van der Waals surface area contributed by atoms with Crippen molar-refractivity contribution in [3.05, 3.63) is 29.8 Å². The molecule has 0 aliphatic heterocycles. The molecule has 0 aromatic heterocycles. The summed E-state index contributed by atoms with van der Waals surface area (Å²) in [6, 6.07) is 3.97. The van der Waals surface area contributed by atoms with Crippen LogP contribution >= 0.6 is 0 Å².